The minimum atomic E-state index is -1.67. The van der Waals surface area contributed by atoms with E-state index in [9.17, 15) is 20.0 Å². The first-order valence-electron chi connectivity index (χ1n) is 14.0. The van der Waals surface area contributed by atoms with Gasteiger partial charge in [0.2, 0.25) is 5.91 Å². The number of carbonyl (C=O) groups excluding carboxylic acids is 1. The van der Waals surface area contributed by atoms with Gasteiger partial charge in [-0.15, -0.1) is 0 Å². The van der Waals surface area contributed by atoms with Gasteiger partial charge in [0.15, 0.2) is 6.29 Å². The lowest BCUT2D eigenvalue weighted by molar-refractivity contribution is -0.122. The van der Waals surface area contributed by atoms with E-state index in [4.69, 9.17) is 4.65 Å². The molecule has 36 heavy (non-hydrogen) atoms. The van der Waals surface area contributed by atoms with Crippen LogP contribution in [0.3, 0.4) is 0 Å². The summed E-state index contributed by atoms with van der Waals surface area (Å²) < 4.78 is 5.55. The minimum absolute atomic E-state index is 0.0587. The van der Waals surface area contributed by atoms with Gasteiger partial charge in [0.05, 0.1) is 5.94 Å². The number of rotatable bonds is 12. The number of carbonyl (C=O) groups is 1. The lowest BCUT2D eigenvalue weighted by Crippen LogP contribution is -2.53. The summed E-state index contributed by atoms with van der Waals surface area (Å²) in [6.07, 6.45) is 9.16. The lowest BCUT2D eigenvalue weighted by atomic mass is 9.72. The van der Waals surface area contributed by atoms with E-state index in [0.29, 0.717) is 30.6 Å². The third-order valence-electron chi connectivity index (χ3n) is 8.38. The number of fused-ring (bicyclic) bond motifs is 1. The summed E-state index contributed by atoms with van der Waals surface area (Å²) in [6, 6.07) is 5.64. The zero-order valence-electron chi connectivity index (χ0n) is 21.3. The van der Waals surface area contributed by atoms with E-state index in [1.807, 2.05) is 6.07 Å². The molecule has 1 aromatic carbocycles. The Morgan fingerprint density at radius 1 is 1.03 bits per heavy atom. The molecule has 5 rings (SSSR count). The van der Waals surface area contributed by atoms with Gasteiger partial charge in [0.1, 0.15) is 5.75 Å². The van der Waals surface area contributed by atoms with Crippen LogP contribution in [-0.2, 0) is 11.2 Å². The Balaban J connectivity index is 1.01. The maximum absolute atomic E-state index is 12.7. The highest BCUT2D eigenvalue weighted by Crippen LogP contribution is 2.34. The van der Waals surface area contributed by atoms with Crippen molar-refractivity contribution in [2.45, 2.75) is 82.5 Å². The highest BCUT2D eigenvalue weighted by Gasteiger charge is 2.38. The molecule has 5 N–H and O–H groups in total. The summed E-state index contributed by atoms with van der Waals surface area (Å²) in [7, 11) is -1.22. The van der Waals surface area contributed by atoms with Crippen molar-refractivity contribution < 1.29 is 24.7 Å². The molecule has 198 valence electrons. The number of para-hydroxylation sites is 1. The first kappa shape index (κ1) is 26.0. The van der Waals surface area contributed by atoms with Gasteiger partial charge < -0.3 is 35.4 Å². The minimum Gasteiger partial charge on any atom is -0.534 e. The Labute approximate surface area is 214 Å². The van der Waals surface area contributed by atoms with Crippen molar-refractivity contribution in [1.29, 1.82) is 0 Å². The highest BCUT2D eigenvalue weighted by molar-refractivity contribution is 6.46. The Bertz CT molecular complexity index is 872. The maximum Gasteiger partial charge on any atom is 0.547 e. The van der Waals surface area contributed by atoms with Gasteiger partial charge in [-0.3, -0.25) is 4.79 Å². The fraction of sp³-hybridized carbons (Fsp3) is 0.741. The van der Waals surface area contributed by atoms with Crippen LogP contribution < -0.4 is 15.3 Å². The molecule has 0 unspecified atom stereocenters. The summed E-state index contributed by atoms with van der Waals surface area (Å²) >= 11 is 0. The summed E-state index contributed by atoms with van der Waals surface area (Å²) in [5.74, 6) is 1.95. The molecule has 8 nitrogen and oxygen atoms in total. The fourth-order valence-electron chi connectivity index (χ4n) is 5.89. The quantitative estimate of drug-likeness (QED) is 0.220. The predicted molar refractivity (Wildman–Crippen MR) is 138 cm³/mol. The number of aliphatic hydroxyl groups excluding tert-OH is 1. The highest BCUT2D eigenvalue weighted by atomic mass is 16.5. The molecule has 3 saturated carbocycles. The van der Waals surface area contributed by atoms with E-state index in [0.717, 1.165) is 56.2 Å². The van der Waals surface area contributed by atoms with E-state index in [1.165, 1.54) is 38.8 Å². The second-order valence-corrected chi connectivity index (χ2v) is 11.6. The van der Waals surface area contributed by atoms with Crippen LogP contribution in [-0.4, -0.2) is 71.3 Å². The van der Waals surface area contributed by atoms with Crippen molar-refractivity contribution in [2.75, 3.05) is 26.2 Å². The topological polar surface area (TPSA) is 114 Å². The van der Waals surface area contributed by atoms with Crippen LogP contribution in [0.1, 0.15) is 75.2 Å². The van der Waals surface area contributed by atoms with Crippen molar-refractivity contribution in [1.82, 2.24) is 15.5 Å². The largest absolute Gasteiger partial charge is 0.547 e. The number of aliphatic hydroxyl groups is 2. The molecule has 0 radical (unpaired) electrons. The molecule has 1 atom stereocenters. The zero-order chi connectivity index (χ0) is 25.1. The Morgan fingerprint density at radius 3 is 2.33 bits per heavy atom. The Morgan fingerprint density at radius 2 is 1.69 bits per heavy atom. The standard InChI is InChI=1S/C27H42BN3O5/c32-25(30-24-15-21-2-1-3-23(27(33)34)26(21)36-28(24)35)14-18-8-10-22(11-9-18)29-12-13-31(16-19-4-5-19)17-20-6-7-20/h1-3,18-20,22,24,27,29,33-35H,4-17H2,(H,30,32)/t18?,22?,24-/m0/s1. The number of benzene rings is 1. The van der Waals surface area contributed by atoms with Crippen LogP contribution in [0.25, 0.3) is 0 Å². The van der Waals surface area contributed by atoms with E-state index < -0.39 is 19.3 Å². The molecule has 9 heteroatoms. The number of nitrogens with one attached hydrogen (secondary N) is 2. The predicted octanol–water partition coefficient (Wildman–Crippen LogP) is 1.77. The molecule has 0 bridgehead atoms. The molecule has 0 saturated heterocycles. The second kappa shape index (κ2) is 11.8. The molecule has 1 heterocycles. The average molecular weight is 499 g/mol. The molecule has 4 aliphatic rings. The van der Waals surface area contributed by atoms with Crippen LogP contribution in [0.2, 0.25) is 0 Å². The van der Waals surface area contributed by atoms with Gasteiger partial charge in [-0.1, -0.05) is 18.2 Å². The van der Waals surface area contributed by atoms with Gasteiger partial charge in [-0.05, 0) is 81.1 Å². The first-order valence-corrected chi connectivity index (χ1v) is 14.0. The zero-order valence-corrected chi connectivity index (χ0v) is 21.3. The maximum atomic E-state index is 12.7. The average Bonchev–Trinajstić information content (AvgIpc) is 3.78. The van der Waals surface area contributed by atoms with Gasteiger partial charge in [0, 0.05) is 44.2 Å². The molecule has 0 spiro atoms. The normalized spacial score (nSPS) is 26.1. The SMILES string of the molecule is O=C(CC1CCC(NCCN(CC2CC2)CC2CC2)CC1)N[C@H]1Cc2cccc(C(O)O)c2OB1O. The molecule has 0 aromatic heterocycles. The monoisotopic (exact) mass is 499 g/mol. The third-order valence-corrected chi connectivity index (χ3v) is 8.38. The van der Waals surface area contributed by atoms with E-state index in [2.05, 4.69) is 15.5 Å². The van der Waals surface area contributed by atoms with Gasteiger partial charge in [0.25, 0.3) is 0 Å². The fourth-order valence-corrected chi connectivity index (χ4v) is 5.89. The van der Waals surface area contributed by atoms with Crippen molar-refractivity contribution in [3.05, 3.63) is 29.3 Å². The summed E-state index contributed by atoms with van der Waals surface area (Å²) in [6.45, 7) is 4.79. The van der Waals surface area contributed by atoms with E-state index in [1.54, 1.807) is 12.1 Å². The van der Waals surface area contributed by atoms with Crippen molar-refractivity contribution >= 4 is 13.0 Å². The van der Waals surface area contributed by atoms with Gasteiger partial charge in [-0.2, -0.15) is 0 Å². The number of hydrogen-bond donors (Lipinski definition) is 5. The summed E-state index contributed by atoms with van der Waals surface area (Å²) in [5, 5.41) is 36.2. The molecule has 1 amide bonds. The number of amides is 1. The second-order valence-electron chi connectivity index (χ2n) is 11.6. The lowest BCUT2D eigenvalue weighted by Gasteiger charge is -2.32. The van der Waals surface area contributed by atoms with Crippen LogP contribution >= 0.6 is 0 Å². The molecule has 3 aliphatic carbocycles. The van der Waals surface area contributed by atoms with Crippen molar-refractivity contribution in [3.8, 4) is 5.75 Å². The molecule has 1 aliphatic heterocycles. The Hall–Kier alpha value is -1.65. The summed E-state index contributed by atoms with van der Waals surface area (Å²) in [5.41, 5.74) is 0.968. The van der Waals surface area contributed by atoms with Gasteiger partial charge >= 0.3 is 7.12 Å². The van der Waals surface area contributed by atoms with E-state index >= 15 is 0 Å². The molecule has 1 aromatic rings. The molecule has 3 fully saturated rings. The smallest absolute Gasteiger partial charge is 0.534 e. The molecular formula is C27H42BN3O5. The van der Waals surface area contributed by atoms with Crippen molar-refractivity contribution in [2.24, 2.45) is 17.8 Å². The van der Waals surface area contributed by atoms with Crippen LogP contribution in [0.5, 0.6) is 5.75 Å². The molecular weight excluding hydrogens is 457 g/mol. The first-order chi connectivity index (χ1) is 17.4. The van der Waals surface area contributed by atoms with Crippen LogP contribution in [0.15, 0.2) is 18.2 Å². The Kier molecular flexibility index (Phi) is 8.53. The summed E-state index contributed by atoms with van der Waals surface area (Å²) in [4.78, 5) is 15.4. The van der Waals surface area contributed by atoms with E-state index in [-0.39, 0.29) is 11.5 Å². The van der Waals surface area contributed by atoms with Crippen molar-refractivity contribution in [3.63, 3.8) is 0 Å². The van der Waals surface area contributed by atoms with Crippen LogP contribution in [0.4, 0.5) is 0 Å². The number of hydrogen-bond acceptors (Lipinski definition) is 7. The third kappa shape index (κ3) is 7.22. The van der Waals surface area contributed by atoms with Crippen LogP contribution in [0, 0.1) is 17.8 Å². The number of nitrogens with zero attached hydrogens (tertiary/aromatic N) is 1. The van der Waals surface area contributed by atoms with Gasteiger partial charge in [-0.25, -0.2) is 0 Å².